The van der Waals surface area contributed by atoms with Crippen LogP contribution in [-0.2, 0) is 16.1 Å². The quantitative estimate of drug-likeness (QED) is 0.704. The van der Waals surface area contributed by atoms with E-state index >= 15 is 0 Å². The molecule has 0 radical (unpaired) electrons. The van der Waals surface area contributed by atoms with Crippen LogP contribution in [0.4, 0.5) is 0 Å². The van der Waals surface area contributed by atoms with Crippen LogP contribution in [0.2, 0.25) is 0 Å². The lowest BCUT2D eigenvalue weighted by Gasteiger charge is -2.12. The monoisotopic (exact) mass is 204 g/mol. The van der Waals surface area contributed by atoms with Crippen LogP contribution in [0.15, 0.2) is 42.5 Å². The Morgan fingerprint density at radius 3 is 3.00 bits per heavy atom. The molecule has 1 aliphatic rings. The molecule has 0 amide bonds. The van der Waals surface area contributed by atoms with Crippen LogP contribution in [0.1, 0.15) is 12.0 Å². The lowest BCUT2D eigenvalue weighted by molar-refractivity contribution is 0.0489. The van der Waals surface area contributed by atoms with Crippen molar-refractivity contribution in [3.05, 3.63) is 48.0 Å². The zero-order valence-corrected chi connectivity index (χ0v) is 8.76. The van der Waals surface area contributed by atoms with E-state index in [4.69, 9.17) is 9.47 Å². The van der Waals surface area contributed by atoms with Gasteiger partial charge in [0.15, 0.2) is 0 Å². The maximum atomic E-state index is 5.78. The first-order chi connectivity index (χ1) is 7.45. The minimum absolute atomic E-state index is 0.202. The molecule has 0 saturated heterocycles. The van der Waals surface area contributed by atoms with Crippen LogP contribution >= 0.6 is 0 Å². The summed E-state index contributed by atoms with van der Waals surface area (Å²) in [6.45, 7) is 2.17. The Labute approximate surface area is 90.5 Å². The van der Waals surface area contributed by atoms with Gasteiger partial charge in [0, 0.05) is 13.0 Å². The van der Waals surface area contributed by atoms with Crippen LogP contribution in [0.3, 0.4) is 0 Å². The van der Waals surface area contributed by atoms with Crippen molar-refractivity contribution < 1.29 is 9.47 Å². The molecule has 0 aromatic heterocycles. The van der Waals surface area contributed by atoms with Crippen molar-refractivity contribution >= 4 is 0 Å². The molecule has 1 aliphatic heterocycles. The van der Waals surface area contributed by atoms with Gasteiger partial charge in [-0.15, -0.1) is 0 Å². The van der Waals surface area contributed by atoms with Crippen molar-refractivity contribution in [2.75, 3.05) is 13.2 Å². The summed E-state index contributed by atoms with van der Waals surface area (Å²) in [6, 6.07) is 10.2. The van der Waals surface area contributed by atoms with Crippen molar-refractivity contribution in [2.45, 2.75) is 19.1 Å². The standard InChI is InChI=1S/C13H16O2/c1-2-5-12(6-3-1)11-15-13-7-4-9-14-10-8-13/h1-7,13H,8-11H2. The highest BCUT2D eigenvalue weighted by Gasteiger charge is 2.07. The minimum Gasteiger partial charge on any atom is -0.377 e. The van der Waals surface area contributed by atoms with Gasteiger partial charge in [0.05, 0.1) is 19.3 Å². The molecule has 2 rings (SSSR count). The lowest BCUT2D eigenvalue weighted by atomic mass is 10.2. The highest BCUT2D eigenvalue weighted by atomic mass is 16.5. The van der Waals surface area contributed by atoms with Gasteiger partial charge in [0.25, 0.3) is 0 Å². The van der Waals surface area contributed by atoms with E-state index in [1.54, 1.807) is 0 Å². The van der Waals surface area contributed by atoms with Crippen molar-refractivity contribution in [1.29, 1.82) is 0 Å². The summed E-state index contributed by atoms with van der Waals surface area (Å²) in [4.78, 5) is 0. The molecule has 80 valence electrons. The minimum atomic E-state index is 0.202. The van der Waals surface area contributed by atoms with Crippen LogP contribution in [0.5, 0.6) is 0 Å². The van der Waals surface area contributed by atoms with E-state index in [9.17, 15) is 0 Å². The second kappa shape index (κ2) is 5.69. The zero-order chi connectivity index (χ0) is 10.3. The van der Waals surface area contributed by atoms with Gasteiger partial charge in [0.2, 0.25) is 0 Å². The molecule has 1 aromatic carbocycles. The largest absolute Gasteiger partial charge is 0.377 e. The van der Waals surface area contributed by atoms with E-state index < -0.39 is 0 Å². The molecule has 15 heavy (non-hydrogen) atoms. The van der Waals surface area contributed by atoms with Gasteiger partial charge >= 0.3 is 0 Å². The van der Waals surface area contributed by atoms with E-state index in [0.717, 1.165) is 13.0 Å². The molecular formula is C13H16O2. The molecule has 1 atom stereocenters. The predicted octanol–water partition coefficient (Wildman–Crippen LogP) is 2.55. The topological polar surface area (TPSA) is 18.5 Å². The Morgan fingerprint density at radius 2 is 2.13 bits per heavy atom. The summed E-state index contributed by atoms with van der Waals surface area (Å²) in [6.07, 6.45) is 5.27. The second-order valence-electron chi connectivity index (χ2n) is 3.63. The van der Waals surface area contributed by atoms with Gasteiger partial charge in [-0.1, -0.05) is 42.5 Å². The molecule has 1 heterocycles. The number of hydrogen-bond acceptors (Lipinski definition) is 2. The highest BCUT2D eigenvalue weighted by Crippen LogP contribution is 2.09. The first-order valence-corrected chi connectivity index (χ1v) is 5.35. The second-order valence-corrected chi connectivity index (χ2v) is 3.63. The summed E-state index contributed by atoms with van der Waals surface area (Å²) >= 11 is 0. The molecule has 0 bridgehead atoms. The summed E-state index contributed by atoms with van der Waals surface area (Å²) in [5, 5.41) is 0. The van der Waals surface area contributed by atoms with Gasteiger partial charge < -0.3 is 9.47 Å². The Balaban J connectivity index is 1.82. The fraction of sp³-hybridized carbons (Fsp3) is 0.385. The summed E-state index contributed by atoms with van der Waals surface area (Å²) in [5.41, 5.74) is 1.22. The van der Waals surface area contributed by atoms with Gasteiger partial charge in [-0.05, 0) is 5.56 Å². The van der Waals surface area contributed by atoms with Gasteiger partial charge in [-0.2, -0.15) is 0 Å². The van der Waals surface area contributed by atoms with Crippen molar-refractivity contribution in [3.8, 4) is 0 Å². The van der Waals surface area contributed by atoms with Gasteiger partial charge in [-0.25, -0.2) is 0 Å². The van der Waals surface area contributed by atoms with Crippen LogP contribution in [0.25, 0.3) is 0 Å². The first-order valence-electron chi connectivity index (χ1n) is 5.35. The maximum Gasteiger partial charge on any atom is 0.0783 e. The number of ether oxygens (including phenoxy) is 2. The van der Waals surface area contributed by atoms with E-state index in [1.807, 2.05) is 24.3 Å². The Morgan fingerprint density at radius 1 is 1.27 bits per heavy atom. The first kappa shape index (κ1) is 10.4. The van der Waals surface area contributed by atoms with Crippen molar-refractivity contribution in [2.24, 2.45) is 0 Å². The van der Waals surface area contributed by atoms with E-state index in [1.165, 1.54) is 5.56 Å². The summed E-state index contributed by atoms with van der Waals surface area (Å²) < 4.78 is 11.1. The molecule has 0 N–H and O–H groups in total. The fourth-order valence-electron chi connectivity index (χ4n) is 1.57. The molecule has 0 spiro atoms. The van der Waals surface area contributed by atoms with E-state index in [-0.39, 0.29) is 6.10 Å². The predicted molar refractivity (Wildman–Crippen MR) is 59.6 cm³/mol. The van der Waals surface area contributed by atoms with E-state index in [0.29, 0.717) is 13.2 Å². The average molecular weight is 204 g/mol. The van der Waals surface area contributed by atoms with Crippen LogP contribution < -0.4 is 0 Å². The molecule has 0 saturated carbocycles. The molecule has 2 heteroatoms. The molecule has 0 aliphatic carbocycles. The van der Waals surface area contributed by atoms with E-state index in [2.05, 4.69) is 18.2 Å². The third kappa shape index (κ3) is 3.50. The van der Waals surface area contributed by atoms with Crippen molar-refractivity contribution in [1.82, 2.24) is 0 Å². The molecular weight excluding hydrogens is 188 g/mol. The normalized spacial score (nSPS) is 21.2. The maximum absolute atomic E-state index is 5.78. The van der Waals surface area contributed by atoms with Crippen LogP contribution in [0, 0.1) is 0 Å². The number of rotatable bonds is 3. The van der Waals surface area contributed by atoms with Crippen molar-refractivity contribution in [3.63, 3.8) is 0 Å². The smallest absolute Gasteiger partial charge is 0.0783 e. The van der Waals surface area contributed by atoms with Crippen LogP contribution in [-0.4, -0.2) is 19.3 Å². The Hall–Kier alpha value is -1.12. The average Bonchev–Trinajstić information content (AvgIpc) is 2.56. The molecule has 1 aromatic rings. The molecule has 1 unspecified atom stereocenters. The van der Waals surface area contributed by atoms with Gasteiger partial charge in [0.1, 0.15) is 0 Å². The number of hydrogen-bond donors (Lipinski definition) is 0. The number of benzene rings is 1. The van der Waals surface area contributed by atoms with Gasteiger partial charge in [-0.3, -0.25) is 0 Å². The molecule has 2 nitrogen and oxygen atoms in total. The summed E-state index contributed by atoms with van der Waals surface area (Å²) in [7, 11) is 0. The fourth-order valence-corrected chi connectivity index (χ4v) is 1.57. The highest BCUT2D eigenvalue weighted by molar-refractivity contribution is 5.13. The SMILES string of the molecule is C1=CC(OCc2ccccc2)CCOC1. The zero-order valence-electron chi connectivity index (χ0n) is 8.76. The third-order valence-electron chi connectivity index (χ3n) is 2.42. The Kier molecular flexibility index (Phi) is 3.94. The third-order valence-corrected chi connectivity index (χ3v) is 2.42. The lowest BCUT2D eigenvalue weighted by Crippen LogP contribution is -2.11. The summed E-state index contributed by atoms with van der Waals surface area (Å²) in [5.74, 6) is 0. The Bertz CT molecular complexity index is 306. The molecule has 0 fully saturated rings.